The zero-order valence-corrected chi connectivity index (χ0v) is 13.4. The minimum Gasteiger partial charge on any atom is -0.320 e. The van der Waals surface area contributed by atoms with Crippen molar-refractivity contribution in [1.82, 2.24) is 0 Å². The topological polar surface area (TPSA) is 72.2 Å². The Hall–Kier alpha value is -1.63. The number of carbonyl (C=O) groups is 1. The summed E-state index contributed by atoms with van der Waals surface area (Å²) < 4.78 is 0.508. The van der Waals surface area contributed by atoms with Crippen LogP contribution in [-0.2, 0) is 0 Å². The number of carbonyl (C=O) groups excluding carboxylic acids is 1. The van der Waals surface area contributed by atoms with Gasteiger partial charge in [-0.05, 0) is 40.2 Å². The molecule has 0 heterocycles. The first-order valence-electron chi connectivity index (χ1n) is 5.59. The fraction of sp³-hybridized carbons (Fsp3) is 0. The monoisotopic (exact) mass is 388 g/mol. The molecule has 0 saturated heterocycles. The van der Waals surface area contributed by atoms with E-state index in [9.17, 15) is 14.9 Å². The molecular formula is C13H7BrCl2N2O3. The van der Waals surface area contributed by atoms with E-state index in [1.54, 1.807) is 12.1 Å². The molecule has 21 heavy (non-hydrogen) atoms. The fourth-order valence-corrected chi connectivity index (χ4v) is 2.61. The van der Waals surface area contributed by atoms with Crippen molar-refractivity contribution in [2.45, 2.75) is 0 Å². The number of nitro groups is 1. The Balaban J connectivity index is 2.31. The predicted molar refractivity (Wildman–Crippen MR) is 85.2 cm³/mol. The lowest BCUT2D eigenvalue weighted by Gasteiger charge is -2.08. The molecule has 0 unspecified atom stereocenters. The van der Waals surface area contributed by atoms with Crippen molar-refractivity contribution in [1.29, 1.82) is 0 Å². The molecule has 2 aromatic carbocycles. The second kappa shape index (κ2) is 6.43. The Bertz CT molecular complexity index is 737. The summed E-state index contributed by atoms with van der Waals surface area (Å²) in [6.07, 6.45) is 0. The Morgan fingerprint density at radius 3 is 2.52 bits per heavy atom. The number of nitro benzene ring substituents is 1. The first-order chi connectivity index (χ1) is 9.88. The van der Waals surface area contributed by atoms with Crippen LogP contribution in [0.4, 0.5) is 11.4 Å². The number of benzene rings is 2. The third-order valence-electron chi connectivity index (χ3n) is 2.58. The maximum Gasteiger partial charge on any atom is 0.271 e. The molecular weight excluding hydrogens is 383 g/mol. The van der Waals surface area contributed by atoms with Gasteiger partial charge in [-0.25, -0.2) is 0 Å². The minimum atomic E-state index is -0.565. The molecule has 0 saturated carbocycles. The van der Waals surface area contributed by atoms with Crippen LogP contribution >= 0.6 is 39.1 Å². The number of hydrogen-bond acceptors (Lipinski definition) is 3. The van der Waals surface area contributed by atoms with Crippen molar-refractivity contribution in [2.24, 2.45) is 0 Å². The predicted octanol–water partition coefficient (Wildman–Crippen LogP) is 4.92. The highest BCUT2D eigenvalue weighted by Crippen LogP contribution is 2.28. The van der Waals surface area contributed by atoms with E-state index in [1.807, 2.05) is 0 Å². The third kappa shape index (κ3) is 3.72. The van der Waals surface area contributed by atoms with Gasteiger partial charge in [-0.3, -0.25) is 14.9 Å². The number of rotatable bonds is 3. The van der Waals surface area contributed by atoms with E-state index >= 15 is 0 Å². The van der Waals surface area contributed by atoms with Crippen LogP contribution in [0.3, 0.4) is 0 Å². The van der Waals surface area contributed by atoms with Crippen LogP contribution in [0.1, 0.15) is 10.4 Å². The molecule has 0 aromatic heterocycles. The lowest BCUT2D eigenvalue weighted by Crippen LogP contribution is -2.13. The first-order valence-corrected chi connectivity index (χ1v) is 7.13. The Morgan fingerprint density at radius 1 is 1.19 bits per heavy atom. The summed E-state index contributed by atoms with van der Waals surface area (Å²) in [6.45, 7) is 0. The molecule has 2 aromatic rings. The lowest BCUT2D eigenvalue weighted by atomic mass is 10.2. The van der Waals surface area contributed by atoms with Crippen LogP contribution in [0.25, 0.3) is 0 Å². The molecule has 2 rings (SSSR count). The van der Waals surface area contributed by atoms with Crippen LogP contribution in [0, 0.1) is 10.1 Å². The SMILES string of the molecule is O=C(Nc1cc([N+](=O)[O-])ccc1Cl)c1ccc(Cl)cc1Br. The molecule has 0 aliphatic carbocycles. The van der Waals surface area contributed by atoms with Gasteiger partial charge in [0.1, 0.15) is 0 Å². The van der Waals surface area contributed by atoms with Crippen LogP contribution in [0.5, 0.6) is 0 Å². The Labute approximate surface area is 138 Å². The van der Waals surface area contributed by atoms with E-state index in [1.165, 1.54) is 24.3 Å². The smallest absolute Gasteiger partial charge is 0.271 e. The highest BCUT2D eigenvalue weighted by atomic mass is 79.9. The quantitative estimate of drug-likeness (QED) is 0.598. The van der Waals surface area contributed by atoms with Gasteiger partial charge >= 0.3 is 0 Å². The van der Waals surface area contributed by atoms with Gasteiger partial charge in [0.05, 0.1) is 21.2 Å². The van der Waals surface area contributed by atoms with E-state index in [4.69, 9.17) is 23.2 Å². The summed E-state index contributed by atoms with van der Waals surface area (Å²) in [5, 5.41) is 14.0. The summed E-state index contributed by atoms with van der Waals surface area (Å²) >= 11 is 15.0. The van der Waals surface area contributed by atoms with Crippen LogP contribution in [-0.4, -0.2) is 10.8 Å². The molecule has 0 radical (unpaired) electrons. The van der Waals surface area contributed by atoms with Crippen molar-refractivity contribution in [2.75, 3.05) is 5.32 Å². The average molecular weight is 390 g/mol. The molecule has 0 bridgehead atoms. The van der Waals surface area contributed by atoms with E-state index in [0.717, 1.165) is 0 Å². The van der Waals surface area contributed by atoms with E-state index in [-0.39, 0.29) is 16.4 Å². The summed E-state index contributed by atoms with van der Waals surface area (Å²) in [6, 6.07) is 8.49. The van der Waals surface area contributed by atoms with Crippen LogP contribution in [0.2, 0.25) is 10.0 Å². The molecule has 0 aliphatic heterocycles. The van der Waals surface area contributed by atoms with Gasteiger partial charge in [0.15, 0.2) is 0 Å². The normalized spacial score (nSPS) is 10.2. The van der Waals surface area contributed by atoms with Crippen molar-refractivity contribution in [3.8, 4) is 0 Å². The Morgan fingerprint density at radius 2 is 1.90 bits per heavy atom. The van der Waals surface area contributed by atoms with Crippen LogP contribution in [0.15, 0.2) is 40.9 Å². The minimum absolute atomic E-state index is 0.162. The third-order valence-corrected chi connectivity index (χ3v) is 3.81. The van der Waals surface area contributed by atoms with Crippen molar-refractivity contribution >= 4 is 56.4 Å². The standard InChI is InChI=1S/C13H7BrCl2N2O3/c14-10-5-7(15)1-3-9(10)13(19)17-12-6-8(18(20)21)2-4-11(12)16/h1-6H,(H,17,19). The number of nitrogens with zero attached hydrogens (tertiary/aromatic N) is 1. The number of nitrogens with one attached hydrogen (secondary N) is 1. The van der Waals surface area contributed by atoms with Gasteiger partial charge in [-0.1, -0.05) is 23.2 Å². The van der Waals surface area contributed by atoms with E-state index < -0.39 is 10.8 Å². The highest BCUT2D eigenvalue weighted by molar-refractivity contribution is 9.10. The molecule has 1 N–H and O–H groups in total. The molecule has 5 nitrogen and oxygen atoms in total. The van der Waals surface area contributed by atoms with Gasteiger partial charge in [-0.2, -0.15) is 0 Å². The molecule has 1 amide bonds. The van der Waals surface area contributed by atoms with Gasteiger partial charge < -0.3 is 5.32 Å². The van der Waals surface area contributed by atoms with Crippen molar-refractivity contribution in [3.05, 3.63) is 66.6 Å². The zero-order chi connectivity index (χ0) is 15.6. The van der Waals surface area contributed by atoms with Gasteiger partial charge in [-0.15, -0.1) is 0 Å². The first kappa shape index (κ1) is 15.8. The number of amides is 1. The lowest BCUT2D eigenvalue weighted by molar-refractivity contribution is -0.384. The number of hydrogen-bond donors (Lipinski definition) is 1. The molecule has 108 valence electrons. The molecule has 0 atom stereocenters. The second-order valence-electron chi connectivity index (χ2n) is 4.00. The van der Waals surface area contributed by atoms with Gasteiger partial charge in [0.2, 0.25) is 0 Å². The maximum absolute atomic E-state index is 12.2. The summed E-state index contributed by atoms with van der Waals surface area (Å²) in [7, 11) is 0. The zero-order valence-electron chi connectivity index (χ0n) is 10.3. The molecule has 0 spiro atoms. The fourth-order valence-electron chi connectivity index (χ4n) is 1.59. The number of anilines is 1. The number of non-ortho nitro benzene ring substituents is 1. The van der Waals surface area contributed by atoms with Gasteiger partial charge in [0.25, 0.3) is 11.6 Å². The summed E-state index contributed by atoms with van der Waals surface area (Å²) in [5.74, 6) is -0.457. The van der Waals surface area contributed by atoms with E-state index in [0.29, 0.717) is 15.1 Å². The van der Waals surface area contributed by atoms with Crippen LogP contribution < -0.4 is 5.32 Å². The summed E-state index contributed by atoms with van der Waals surface area (Å²) in [5.41, 5.74) is 0.338. The van der Waals surface area contributed by atoms with Crippen molar-refractivity contribution < 1.29 is 9.72 Å². The molecule has 0 aliphatic rings. The van der Waals surface area contributed by atoms with Gasteiger partial charge in [0, 0.05) is 21.6 Å². The van der Waals surface area contributed by atoms with E-state index in [2.05, 4.69) is 21.2 Å². The molecule has 0 fully saturated rings. The summed E-state index contributed by atoms with van der Waals surface area (Å²) in [4.78, 5) is 22.3. The largest absolute Gasteiger partial charge is 0.320 e. The van der Waals surface area contributed by atoms with Crippen molar-refractivity contribution in [3.63, 3.8) is 0 Å². The highest BCUT2D eigenvalue weighted by Gasteiger charge is 2.15. The average Bonchev–Trinajstić information content (AvgIpc) is 2.40. The molecule has 8 heteroatoms. The second-order valence-corrected chi connectivity index (χ2v) is 5.70. The number of halogens is 3. The Kier molecular flexibility index (Phi) is 4.82. The maximum atomic E-state index is 12.2.